The number of aryl methyl sites for hydroxylation is 2. The second kappa shape index (κ2) is 7.28. The number of fused-ring (bicyclic) bond motifs is 2. The molecule has 5 heteroatoms. The number of para-hydroxylation sites is 2. The summed E-state index contributed by atoms with van der Waals surface area (Å²) < 4.78 is 18.4. The van der Waals surface area contributed by atoms with E-state index in [1.165, 1.54) is 10.8 Å². The van der Waals surface area contributed by atoms with Crippen molar-refractivity contribution >= 4 is 39.5 Å². The molecule has 164 valence electrons. The lowest BCUT2D eigenvalue weighted by atomic mass is 9.49. The maximum absolute atomic E-state index is 6.99. The number of aromatic nitrogens is 2. The molecule has 4 rings (SSSR count). The van der Waals surface area contributed by atoms with E-state index in [9.17, 15) is 0 Å². The molecule has 2 aromatic carbocycles. The van der Waals surface area contributed by atoms with E-state index in [1.54, 1.807) is 0 Å². The summed E-state index contributed by atoms with van der Waals surface area (Å²) in [4.78, 5) is 0. The van der Waals surface area contributed by atoms with Crippen molar-refractivity contribution in [1.29, 1.82) is 0 Å². The van der Waals surface area contributed by atoms with Crippen molar-refractivity contribution in [2.75, 3.05) is 0 Å². The van der Waals surface area contributed by atoms with Gasteiger partial charge in [-0.1, -0.05) is 59.7 Å². The fraction of sp³-hybridized carbons (Fsp3) is 0.385. The molecule has 0 bridgehead atoms. The average Bonchev–Trinajstić information content (AvgIpc) is 3.18. The maximum Gasteiger partial charge on any atom is 0.331 e. The van der Waals surface area contributed by atoms with Crippen LogP contribution < -0.4 is 11.2 Å². The van der Waals surface area contributed by atoms with Crippen molar-refractivity contribution in [2.45, 2.75) is 52.7 Å². The Bertz CT molecular complexity index is 1140. The predicted molar refractivity (Wildman–Crippen MR) is 133 cm³/mol. The van der Waals surface area contributed by atoms with Gasteiger partial charge in [0.2, 0.25) is 0 Å². The maximum atomic E-state index is 6.99. The first-order valence-corrected chi connectivity index (χ1v) is 11.1. The summed E-state index contributed by atoms with van der Waals surface area (Å²) in [6, 6.07) is 21.4. The molecule has 0 N–H and O–H groups in total. The molecule has 0 aliphatic carbocycles. The van der Waals surface area contributed by atoms with E-state index < -0.39 is 17.8 Å². The summed E-state index contributed by atoms with van der Waals surface area (Å²) in [6.45, 7) is 10.6. The van der Waals surface area contributed by atoms with Crippen LogP contribution in [0.5, 0.6) is 0 Å². The summed E-state index contributed by atoms with van der Waals surface area (Å²) >= 11 is 0. The first kappa shape index (κ1) is 21.7. The lowest BCUT2D eigenvalue weighted by molar-refractivity contribution is 0.0282. The molecule has 0 amide bonds. The Morgan fingerprint density at radius 2 is 0.968 bits per heavy atom. The molecule has 0 aliphatic heterocycles. The van der Waals surface area contributed by atoms with Crippen LogP contribution in [-0.4, -0.2) is 26.9 Å². The summed E-state index contributed by atoms with van der Waals surface area (Å²) in [5.41, 5.74) is 3.57. The summed E-state index contributed by atoms with van der Waals surface area (Å²) in [5, 5.41) is 2.36. The molecule has 0 atom stereocenters. The molecule has 4 aromatic rings. The molecule has 0 saturated heterocycles. The lowest BCUT2D eigenvalue weighted by Gasteiger charge is -2.51. The van der Waals surface area contributed by atoms with Crippen LogP contribution in [0.25, 0.3) is 21.8 Å². The van der Waals surface area contributed by atoms with E-state index in [2.05, 4.69) is 125 Å². The van der Waals surface area contributed by atoms with Gasteiger partial charge in [0, 0.05) is 36.3 Å². The Balaban J connectivity index is 2.11. The first-order chi connectivity index (χ1) is 14.4. The summed E-state index contributed by atoms with van der Waals surface area (Å²) in [6.07, 6.45) is 0. The highest BCUT2D eigenvalue weighted by Crippen LogP contribution is 2.28. The van der Waals surface area contributed by atoms with Crippen LogP contribution in [0.1, 0.15) is 41.5 Å². The minimum atomic E-state index is -2.02. The molecule has 0 aliphatic rings. The van der Waals surface area contributed by atoms with Gasteiger partial charge in [0.05, 0.1) is 0 Å². The molecule has 0 unspecified atom stereocenters. The number of rotatable bonds is 4. The van der Waals surface area contributed by atoms with Gasteiger partial charge in [0.25, 0.3) is 0 Å². The third kappa shape index (κ3) is 3.93. The normalized spacial score (nSPS) is 13.4. The van der Waals surface area contributed by atoms with Crippen molar-refractivity contribution in [3.8, 4) is 0 Å². The van der Waals surface area contributed by atoms with Crippen LogP contribution in [0.15, 0.2) is 60.7 Å². The van der Waals surface area contributed by atoms with Gasteiger partial charge in [0.1, 0.15) is 0 Å². The molecule has 4 nitrogen and oxygen atoms in total. The molecule has 31 heavy (non-hydrogen) atoms. The highest BCUT2D eigenvalue weighted by molar-refractivity contribution is 6.92. The van der Waals surface area contributed by atoms with E-state index in [0.29, 0.717) is 0 Å². The van der Waals surface area contributed by atoms with Crippen molar-refractivity contribution < 1.29 is 9.31 Å². The van der Waals surface area contributed by atoms with Crippen LogP contribution in [0.4, 0.5) is 0 Å². The van der Waals surface area contributed by atoms with Gasteiger partial charge in [0.15, 0.2) is 0 Å². The first-order valence-electron chi connectivity index (χ1n) is 11.1. The Kier molecular flexibility index (Phi) is 5.10. The third-order valence-corrected chi connectivity index (χ3v) is 5.80. The molecular formula is C26H34BN2O2-. The van der Waals surface area contributed by atoms with E-state index in [4.69, 9.17) is 9.31 Å². The van der Waals surface area contributed by atoms with Crippen molar-refractivity contribution in [3.63, 3.8) is 0 Å². The standard InChI is InChI=1S/C26H34BN2O2/c1-25(2,3)30-27(31-26(4,5)6,23-17-19-13-9-11-15-21(19)28(23)7)24-18-20-14-10-12-16-22(20)29(24)8/h9-18H,1-8H3/q-1. The molecule has 0 spiro atoms. The number of nitrogens with zero attached hydrogens (tertiary/aromatic N) is 2. The fourth-order valence-corrected chi connectivity index (χ4v) is 4.76. The second-order valence-electron chi connectivity index (χ2n) is 10.5. The molecule has 2 heterocycles. The smallest absolute Gasteiger partial charge is 0.331 e. The van der Waals surface area contributed by atoms with Gasteiger partial charge in [-0.05, 0) is 64.4 Å². The minimum Gasteiger partial charge on any atom is -0.555 e. The van der Waals surface area contributed by atoms with Crippen molar-refractivity contribution in [3.05, 3.63) is 60.7 Å². The highest BCUT2D eigenvalue weighted by atomic mass is 16.6. The molecule has 0 fully saturated rings. The quantitative estimate of drug-likeness (QED) is 0.444. The number of hydrogen-bond donors (Lipinski definition) is 0. The molecular weight excluding hydrogens is 383 g/mol. The largest absolute Gasteiger partial charge is 0.555 e. The SMILES string of the molecule is Cn1c([B-](OC(C)(C)C)(OC(C)(C)C)c2cc3ccccc3n2C)cc2ccccc21. The van der Waals surface area contributed by atoms with Crippen LogP contribution in [0.3, 0.4) is 0 Å². The zero-order chi connectivity index (χ0) is 22.6. The van der Waals surface area contributed by atoms with Gasteiger partial charge >= 0.3 is 6.55 Å². The van der Waals surface area contributed by atoms with Crippen LogP contribution in [-0.2, 0) is 23.4 Å². The monoisotopic (exact) mass is 417 g/mol. The van der Waals surface area contributed by atoms with E-state index >= 15 is 0 Å². The topological polar surface area (TPSA) is 28.3 Å². The summed E-state index contributed by atoms with van der Waals surface area (Å²) in [5.74, 6) is 0. The van der Waals surface area contributed by atoms with Gasteiger partial charge in [-0.2, -0.15) is 0 Å². The van der Waals surface area contributed by atoms with Gasteiger partial charge in [-0.25, -0.2) is 0 Å². The fourth-order valence-electron chi connectivity index (χ4n) is 4.76. The Morgan fingerprint density at radius 3 is 1.29 bits per heavy atom. The van der Waals surface area contributed by atoms with Gasteiger partial charge in [-0.15, -0.1) is 0 Å². The predicted octanol–water partition coefficient (Wildman–Crippen LogP) is 4.86. The number of hydrogen-bond acceptors (Lipinski definition) is 2. The third-order valence-electron chi connectivity index (χ3n) is 5.80. The van der Waals surface area contributed by atoms with Gasteiger partial charge < -0.3 is 18.4 Å². The van der Waals surface area contributed by atoms with Crippen molar-refractivity contribution in [2.24, 2.45) is 14.1 Å². The van der Waals surface area contributed by atoms with Crippen molar-refractivity contribution in [1.82, 2.24) is 9.13 Å². The average molecular weight is 417 g/mol. The lowest BCUT2D eigenvalue weighted by Crippen LogP contribution is -2.70. The van der Waals surface area contributed by atoms with Crippen LogP contribution in [0.2, 0.25) is 0 Å². The summed E-state index contributed by atoms with van der Waals surface area (Å²) in [7, 11) is 4.21. The zero-order valence-electron chi connectivity index (χ0n) is 20.1. The van der Waals surface area contributed by atoms with E-state index in [1.807, 2.05) is 0 Å². The highest BCUT2D eigenvalue weighted by Gasteiger charge is 2.42. The molecule has 0 saturated carbocycles. The Hall–Kier alpha value is -2.50. The van der Waals surface area contributed by atoms with Crippen LogP contribution >= 0.6 is 0 Å². The Labute approximate surface area is 185 Å². The number of benzene rings is 2. The second-order valence-corrected chi connectivity index (χ2v) is 10.5. The minimum absolute atomic E-state index is 0.418. The van der Waals surface area contributed by atoms with Crippen LogP contribution in [0, 0.1) is 0 Å². The zero-order valence-corrected chi connectivity index (χ0v) is 20.1. The van der Waals surface area contributed by atoms with E-state index in [0.717, 1.165) is 22.2 Å². The van der Waals surface area contributed by atoms with E-state index in [-0.39, 0.29) is 0 Å². The Morgan fingerprint density at radius 1 is 0.613 bits per heavy atom. The van der Waals surface area contributed by atoms with Gasteiger partial charge in [-0.3, -0.25) is 0 Å². The molecule has 0 radical (unpaired) electrons. The molecule has 2 aromatic heterocycles.